The maximum absolute atomic E-state index is 10.6. The minimum Gasteiger partial charge on any atom is -0.481 e. The monoisotopic (exact) mass is 258 g/mol. The van der Waals surface area contributed by atoms with Gasteiger partial charge < -0.3 is 14.9 Å². The van der Waals surface area contributed by atoms with Crippen LogP contribution in [0.1, 0.15) is 46.5 Å². The molecule has 0 unspecified atom stereocenters. The SMILES string of the molecule is COC(C)(C)/C=C/CCCC[C@@H](O)[C@@H](C)C(=O)O. The molecular formula is C14H26O4. The van der Waals surface area contributed by atoms with E-state index in [0.29, 0.717) is 6.42 Å². The van der Waals surface area contributed by atoms with Crippen molar-refractivity contribution in [1.82, 2.24) is 0 Å². The lowest BCUT2D eigenvalue weighted by molar-refractivity contribution is -0.144. The molecule has 0 aliphatic carbocycles. The summed E-state index contributed by atoms with van der Waals surface area (Å²) < 4.78 is 5.25. The Labute approximate surface area is 110 Å². The molecule has 0 aromatic carbocycles. The number of aliphatic hydroxyl groups is 1. The average Bonchev–Trinajstić information content (AvgIpc) is 2.32. The van der Waals surface area contributed by atoms with Crippen LogP contribution < -0.4 is 0 Å². The molecular weight excluding hydrogens is 232 g/mol. The summed E-state index contributed by atoms with van der Waals surface area (Å²) in [5.74, 6) is -1.63. The number of carbonyl (C=O) groups is 1. The Bertz CT molecular complexity index is 271. The number of carboxylic acid groups (broad SMARTS) is 1. The summed E-state index contributed by atoms with van der Waals surface area (Å²) in [4.78, 5) is 10.6. The first-order valence-electron chi connectivity index (χ1n) is 6.44. The van der Waals surface area contributed by atoms with Gasteiger partial charge in [0.1, 0.15) is 0 Å². The van der Waals surface area contributed by atoms with E-state index >= 15 is 0 Å². The average molecular weight is 258 g/mol. The van der Waals surface area contributed by atoms with Crippen LogP contribution in [-0.2, 0) is 9.53 Å². The zero-order chi connectivity index (χ0) is 14.2. The third-order valence-electron chi connectivity index (χ3n) is 3.13. The molecule has 0 aliphatic rings. The molecule has 0 radical (unpaired) electrons. The Morgan fingerprint density at radius 2 is 2.00 bits per heavy atom. The van der Waals surface area contributed by atoms with Gasteiger partial charge in [0.15, 0.2) is 0 Å². The molecule has 0 fully saturated rings. The van der Waals surface area contributed by atoms with Gasteiger partial charge in [0.25, 0.3) is 0 Å². The van der Waals surface area contributed by atoms with Gasteiger partial charge in [-0.3, -0.25) is 4.79 Å². The van der Waals surface area contributed by atoms with Crippen LogP contribution in [-0.4, -0.2) is 35.0 Å². The van der Waals surface area contributed by atoms with E-state index in [2.05, 4.69) is 6.08 Å². The van der Waals surface area contributed by atoms with Crippen molar-refractivity contribution in [3.63, 3.8) is 0 Å². The minimum atomic E-state index is -0.941. The van der Waals surface area contributed by atoms with Crippen LogP contribution in [0.2, 0.25) is 0 Å². The van der Waals surface area contributed by atoms with Crippen LogP contribution in [0.5, 0.6) is 0 Å². The molecule has 0 amide bonds. The fraction of sp³-hybridized carbons (Fsp3) is 0.786. The molecule has 0 rings (SSSR count). The third kappa shape index (κ3) is 7.45. The second-order valence-electron chi connectivity index (χ2n) is 5.19. The molecule has 2 atom stereocenters. The molecule has 0 heterocycles. The minimum absolute atomic E-state index is 0.239. The number of hydrogen-bond donors (Lipinski definition) is 2. The zero-order valence-corrected chi connectivity index (χ0v) is 11.8. The molecule has 0 saturated carbocycles. The summed E-state index contributed by atoms with van der Waals surface area (Å²) in [5, 5.41) is 18.3. The highest BCUT2D eigenvalue weighted by atomic mass is 16.5. The first-order chi connectivity index (χ1) is 8.30. The van der Waals surface area contributed by atoms with E-state index in [9.17, 15) is 9.90 Å². The molecule has 0 spiro atoms. The van der Waals surface area contributed by atoms with E-state index in [0.717, 1.165) is 19.3 Å². The van der Waals surface area contributed by atoms with Gasteiger partial charge in [0.05, 0.1) is 17.6 Å². The van der Waals surface area contributed by atoms with Crippen LogP contribution in [0.25, 0.3) is 0 Å². The van der Waals surface area contributed by atoms with Crippen molar-refractivity contribution in [2.45, 2.75) is 58.2 Å². The van der Waals surface area contributed by atoms with Crippen molar-refractivity contribution >= 4 is 5.97 Å². The molecule has 4 heteroatoms. The predicted octanol–water partition coefficient (Wildman–Crippen LogP) is 2.61. The van der Waals surface area contributed by atoms with Crippen LogP contribution in [0.4, 0.5) is 0 Å². The van der Waals surface area contributed by atoms with Gasteiger partial charge in [-0.05, 0) is 40.0 Å². The number of rotatable bonds is 9. The van der Waals surface area contributed by atoms with E-state index in [1.165, 1.54) is 6.92 Å². The van der Waals surface area contributed by atoms with Gasteiger partial charge in [-0.2, -0.15) is 0 Å². The number of methoxy groups -OCH3 is 1. The van der Waals surface area contributed by atoms with E-state index in [4.69, 9.17) is 9.84 Å². The second-order valence-corrected chi connectivity index (χ2v) is 5.19. The number of ether oxygens (including phenoxy) is 1. The van der Waals surface area contributed by atoms with Crippen molar-refractivity contribution in [3.8, 4) is 0 Å². The topological polar surface area (TPSA) is 66.8 Å². The first-order valence-corrected chi connectivity index (χ1v) is 6.44. The van der Waals surface area contributed by atoms with Gasteiger partial charge in [-0.15, -0.1) is 0 Å². The summed E-state index contributed by atoms with van der Waals surface area (Å²) in [7, 11) is 1.67. The third-order valence-corrected chi connectivity index (χ3v) is 3.13. The number of aliphatic carboxylic acids is 1. The van der Waals surface area contributed by atoms with Gasteiger partial charge in [0.2, 0.25) is 0 Å². The molecule has 0 bridgehead atoms. The van der Waals surface area contributed by atoms with Gasteiger partial charge in [0, 0.05) is 7.11 Å². The van der Waals surface area contributed by atoms with Crippen molar-refractivity contribution in [1.29, 1.82) is 0 Å². The smallest absolute Gasteiger partial charge is 0.308 e. The lowest BCUT2D eigenvalue weighted by Crippen LogP contribution is -2.25. The predicted molar refractivity (Wildman–Crippen MR) is 71.5 cm³/mol. The Kier molecular flexibility index (Phi) is 7.87. The normalized spacial score (nSPS) is 15.8. The Balaban J connectivity index is 3.72. The van der Waals surface area contributed by atoms with Crippen molar-refractivity contribution < 1.29 is 19.7 Å². The van der Waals surface area contributed by atoms with Crippen molar-refractivity contribution in [3.05, 3.63) is 12.2 Å². The Morgan fingerprint density at radius 1 is 1.39 bits per heavy atom. The Hall–Kier alpha value is -0.870. The van der Waals surface area contributed by atoms with E-state index < -0.39 is 18.0 Å². The van der Waals surface area contributed by atoms with Crippen LogP contribution in [0.15, 0.2) is 12.2 Å². The number of aliphatic hydroxyl groups excluding tert-OH is 1. The number of allylic oxidation sites excluding steroid dienone is 1. The second kappa shape index (κ2) is 8.27. The summed E-state index contributed by atoms with van der Waals surface area (Å²) >= 11 is 0. The number of carboxylic acids is 1. The largest absolute Gasteiger partial charge is 0.481 e. The first kappa shape index (κ1) is 17.1. The highest BCUT2D eigenvalue weighted by molar-refractivity contribution is 5.70. The van der Waals surface area contributed by atoms with Gasteiger partial charge in [-0.1, -0.05) is 18.6 Å². The molecule has 18 heavy (non-hydrogen) atoms. The van der Waals surface area contributed by atoms with Crippen molar-refractivity contribution in [2.24, 2.45) is 5.92 Å². The quantitative estimate of drug-likeness (QED) is 0.493. The van der Waals surface area contributed by atoms with E-state index in [-0.39, 0.29) is 5.60 Å². The summed E-state index contributed by atoms with van der Waals surface area (Å²) in [5.41, 5.74) is -0.239. The molecule has 2 N–H and O–H groups in total. The molecule has 4 nitrogen and oxygen atoms in total. The van der Waals surface area contributed by atoms with E-state index in [1.807, 2.05) is 19.9 Å². The number of unbranched alkanes of at least 4 members (excludes halogenated alkanes) is 2. The molecule has 106 valence electrons. The van der Waals surface area contributed by atoms with Gasteiger partial charge >= 0.3 is 5.97 Å². The molecule has 0 aromatic rings. The lowest BCUT2D eigenvalue weighted by atomic mass is 9.99. The molecule has 0 saturated heterocycles. The van der Waals surface area contributed by atoms with Crippen LogP contribution in [0.3, 0.4) is 0 Å². The Morgan fingerprint density at radius 3 is 2.50 bits per heavy atom. The lowest BCUT2D eigenvalue weighted by Gasteiger charge is -2.17. The fourth-order valence-electron chi connectivity index (χ4n) is 1.47. The highest BCUT2D eigenvalue weighted by Crippen LogP contribution is 2.13. The van der Waals surface area contributed by atoms with Gasteiger partial charge in [-0.25, -0.2) is 0 Å². The van der Waals surface area contributed by atoms with E-state index in [1.54, 1.807) is 7.11 Å². The standard InChI is InChI=1S/C14H26O4/c1-11(13(16)17)12(15)9-7-5-6-8-10-14(2,3)18-4/h8,10-12,15H,5-7,9H2,1-4H3,(H,16,17)/b10-8+/t11-,12-/m1/s1. The fourth-order valence-corrected chi connectivity index (χ4v) is 1.47. The van der Waals surface area contributed by atoms with Crippen LogP contribution in [0, 0.1) is 5.92 Å². The molecule has 0 aliphatic heterocycles. The maximum Gasteiger partial charge on any atom is 0.308 e. The highest BCUT2D eigenvalue weighted by Gasteiger charge is 2.20. The summed E-state index contributed by atoms with van der Waals surface area (Å²) in [6, 6.07) is 0. The zero-order valence-electron chi connectivity index (χ0n) is 11.8. The summed E-state index contributed by atoms with van der Waals surface area (Å²) in [6.45, 7) is 5.51. The molecule has 0 aromatic heterocycles. The maximum atomic E-state index is 10.6. The number of hydrogen-bond acceptors (Lipinski definition) is 3. The van der Waals surface area contributed by atoms with Crippen LogP contribution >= 0.6 is 0 Å². The van der Waals surface area contributed by atoms with Crippen molar-refractivity contribution in [2.75, 3.05) is 7.11 Å². The summed E-state index contributed by atoms with van der Waals surface area (Å²) in [6.07, 6.45) is 6.56.